The summed E-state index contributed by atoms with van der Waals surface area (Å²) in [5.41, 5.74) is 1.12. The fraction of sp³-hybridized carbons (Fsp3) is 0.240. The molecule has 35 heavy (non-hydrogen) atoms. The summed E-state index contributed by atoms with van der Waals surface area (Å²) in [5.74, 6) is 1.31. The number of hydrogen-bond donors (Lipinski definition) is 1. The number of anilines is 1. The van der Waals surface area contributed by atoms with Crippen molar-refractivity contribution in [2.24, 2.45) is 0 Å². The summed E-state index contributed by atoms with van der Waals surface area (Å²) in [7, 11) is -2.57. The molecule has 0 aliphatic carbocycles. The summed E-state index contributed by atoms with van der Waals surface area (Å²) in [4.78, 5) is 13.1. The molecular weight excluding hydrogens is 492 g/mol. The summed E-state index contributed by atoms with van der Waals surface area (Å²) in [5, 5.41) is 3.32. The van der Waals surface area contributed by atoms with Gasteiger partial charge in [-0.1, -0.05) is 17.7 Å². The molecule has 8 nitrogen and oxygen atoms in total. The van der Waals surface area contributed by atoms with Gasteiger partial charge in [-0.05, 0) is 73.2 Å². The normalized spacial score (nSPS) is 13.6. The van der Waals surface area contributed by atoms with Crippen molar-refractivity contribution in [2.75, 3.05) is 31.2 Å². The highest BCUT2D eigenvalue weighted by Crippen LogP contribution is 2.33. The molecule has 0 radical (unpaired) electrons. The summed E-state index contributed by atoms with van der Waals surface area (Å²) in [6.45, 7) is 2.33. The maximum atomic E-state index is 13.5. The second-order valence-electron chi connectivity index (χ2n) is 7.86. The molecule has 184 valence electrons. The van der Waals surface area contributed by atoms with Gasteiger partial charge >= 0.3 is 0 Å². The van der Waals surface area contributed by atoms with Crippen LogP contribution in [0.4, 0.5) is 5.69 Å². The molecule has 4 rings (SSSR count). The van der Waals surface area contributed by atoms with Gasteiger partial charge in [-0.25, -0.2) is 8.42 Å². The van der Waals surface area contributed by atoms with E-state index in [0.717, 1.165) is 9.87 Å². The molecule has 1 heterocycles. The highest BCUT2D eigenvalue weighted by Gasteiger charge is 2.28. The fourth-order valence-electron chi connectivity index (χ4n) is 3.63. The van der Waals surface area contributed by atoms with E-state index in [4.69, 9.17) is 25.8 Å². The van der Waals surface area contributed by atoms with E-state index in [2.05, 4.69) is 5.32 Å². The Labute approximate surface area is 209 Å². The van der Waals surface area contributed by atoms with Crippen LogP contribution in [0.1, 0.15) is 18.5 Å². The SMILES string of the molecule is COc1ccc(S(=O)(=O)N(CC(=O)N[C@H](C)c2ccc3c(c2)OCCO3)c2ccc(Cl)cc2)cc1. The van der Waals surface area contributed by atoms with E-state index in [0.29, 0.717) is 41.2 Å². The van der Waals surface area contributed by atoms with Crippen molar-refractivity contribution in [1.29, 1.82) is 0 Å². The number of ether oxygens (including phenoxy) is 3. The van der Waals surface area contributed by atoms with Gasteiger partial charge in [-0.2, -0.15) is 0 Å². The molecule has 10 heteroatoms. The Hall–Kier alpha value is -3.43. The van der Waals surface area contributed by atoms with Crippen molar-refractivity contribution < 1.29 is 27.4 Å². The number of fused-ring (bicyclic) bond motifs is 1. The lowest BCUT2D eigenvalue weighted by molar-refractivity contribution is -0.120. The molecule has 3 aromatic carbocycles. The van der Waals surface area contributed by atoms with Gasteiger partial charge in [-0.3, -0.25) is 9.10 Å². The Morgan fingerprint density at radius 2 is 1.69 bits per heavy atom. The number of hydrogen-bond acceptors (Lipinski definition) is 6. The summed E-state index contributed by atoms with van der Waals surface area (Å²) < 4.78 is 44.4. The third-order valence-electron chi connectivity index (χ3n) is 5.49. The van der Waals surface area contributed by atoms with Crippen LogP contribution in [0.15, 0.2) is 71.6 Å². The fourth-order valence-corrected chi connectivity index (χ4v) is 5.17. The van der Waals surface area contributed by atoms with Gasteiger partial charge in [0.1, 0.15) is 25.5 Å². The third-order valence-corrected chi connectivity index (χ3v) is 7.53. The minimum absolute atomic E-state index is 0.0286. The van der Waals surface area contributed by atoms with Crippen LogP contribution in [0.5, 0.6) is 17.2 Å². The Morgan fingerprint density at radius 1 is 1.03 bits per heavy atom. The van der Waals surface area contributed by atoms with E-state index in [9.17, 15) is 13.2 Å². The Balaban J connectivity index is 1.56. The predicted molar refractivity (Wildman–Crippen MR) is 133 cm³/mol. The number of amides is 1. The molecule has 1 aliphatic heterocycles. The first-order valence-corrected chi connectivity index (χ1v) is 12.7. The molecule has 0 spiro atoms. The van der Waals surface area contributed by atoms with Crippen molar-refractivity contribution in [3.05, 3.63) is 77.3 Å². The number of halogens is 1. The van der Waals surface area contributed by atoms with E-state index in [1.807, 2.05) is 19.1 Å². The monoisotopic (exact) mass is 516 g/mol. The topological polar surface area (TPSA) is 94.2 Å². The molecule has 0 saturated heterocycles. The predicted octanol–water partition coefficient (Wildman–Crippen LogP) is 4.19. The Bertz CT molecular complexity index is 1300. The third kappa shape index (κ3) is 5.63. The maximum Gasteiger partial charge on any atom is 0.264 e. The molecule has 0 bridgehead atoms. The van der Waals surface area contributed by atoms with E-state index in [-0.39, 0.29) is 4.90 Å². The van der Waals surface area contributed by atoms with Crippen molar-refractivity contribution in [3.63, 3.8) is 0 Å². The van der Waals surface area contributed by atoms with Gasteiger partial charge in [-0.15, -0.1) is 0 Å². The minimum atomic E-state index is -4.06. The second-order valence-corrected chi connectivity index (χ2v) is 10.2. The highest BCUT2D eigenvalue weighted by molar-refractivity contribution is 7.92. The molecular formula is C25H25ClN2O6S. The van der Waals surface area contributed by atoms with Gasteiger partial charge in [0.05, 0.1) is 23.7 Å². The van der Waals surface area contributed by atoms with Crippen LogP contribution in [-0.2, 0) is 14.8 Å². The molecule has 1 atom stereocenters. The summed E-state index contributed by atoms with van der Waals surface area (Å²) >= 11 is 5.99. The van der Waals surface area contributed by atoms with E-state index in [1.54, 1.807) is 42.5 Å². The average Bonchev–Trinajstić information content (AvgIpc) is 2.87. The van der Waals surface area contributed by atoms with Crippen LogP contribution in [-0.4, -0.2) is 41.2 Å². The lowest BCUT2D eigenvalue weighted by Crippen LogP contribution is -2.41. The van der Waals surface area contributed by atoms with Crippen LogP contribution in [0.3, 0.4) is 0 Å². The number of rotatable bonds is 8. The average molecular weight is 517 g/mol. The van der Waals surface area contributed by atoms with Crippen molar-refractivity contribution in [3.8, 4) is 17.2 Å². The zero-order valence-corrected chi connectivity index (χ0v) is 20.8. The molecule has 0 fully saturated rings. The zero-order valence-electron chi connectivity index (χ0n) is 19.2. The van der Waals surface area contributed by atoms with Crippen molar-refractivity contribution >= 4 is 33.2 Å². The standard InChI is InChI=1S/C25H25ClN2O6S/c1-17(18-3-12-23-24(15-18)34-14-13-33-23)27-25(29)16-28(20-6-4-19(26)5-7-20)35(30,31)22-10-8-21(32-2)9-11-22/h3-12,15,17H,13-14,16H2,1-2H3,(H,27,29)/t17-/m1/s1. The Kier molecular flexibility index (Phi) is 7.37. The first-order valence-electron chi connectivity index (χ1n) is 10.9. The van der Waals surface area contributed by atoms with Crippen LogP contribution < -0.4 is 23.8 Å². The molecule has 1 amide bonds. The number of nitrogens with zero attached hydrogens (tertiary/aromatic N) is 1. The number of methoxy groups -OCH3 is 1. The molecule has 1 N–H and O–H groups in total. The highest BCUT2D eigenvalue weighted by atomic mass is 35.5. The van der Waals surface area contributed by atoms with Gasteiger partial charge in [0.2, 0.25) is 5.91 Å². The van der Waals surface area contributed by atoms with Gasteiger partial charge in [0.15, 0.2) is 11.5 Å². The zero-order chi connectivity index (χ0) is 25.0. The van der Waals surface area contributed by atoms with Crippen LogP contribution >= 0.6 is 11.6 Å². The van der Waals surface area contributed by atoms with E-state index >= 15 is 0 Å². The number of sulfonamides is 1. The van der Waals surface area contributed by atoms with Crippen LogP contribution in [0, 0.1) is 0 Å². The van der Waals surface area contributed by atoms with Crippen LogP contribution in [0.2, 0.25) is 5.02 Å². The van der Waals surface area contributed by atoms with E-state index < -0.39 is 28.5 Å². The second kappa shape index (κ2) is 10.5. The molecule has 1 aliphatic rings. The lowest BCUT2D eigenvalue weighted by Gasteiger charge is -2.25. The first kappa shape index (κ1) is 24.7. The molecule has 0 aromatic heterocycles. The van der Waals surface area contributed by atoms with Crippen LogP contribution in [0.25, 0.3) is 0 Å². The smallest absolute Gasteiger partial charge is 0.264 e. The van der Waals surface area contributed by atoms with E-state index in [1.165, 1.54) is 19.2 Å². The Morgan fingerprint density at radius 3 is 2.34 bits per heavy atom. The maximum absolute atomic E-state index is 13.5. The largest absolute Gasteiger partial charge is 0.497 e. The summed E-state index contributed by atoms with van der Waals surface area (Å²) in [6, 6.07) is 17.3. The van der Waals surface area contributed by atoms with Crippen molar-refractivity contribution in [1.82, 2.24) is 5.32 Å². The summed E-state index contributed by atoms with van der Waals surface area (Å²) in [6.07, 6.45) is 0. The van der Waals surface area contributed by atoms with Gasteiger partial charge in [0, 0.05) is 5.02 Å². The molecule has 0 saturated carbocycles. The number of carbonyl (C=O) groups excluding carboxylic acids is 1. The molecule has 3 aromatic rings. The first-order chi connectivity index (χ1) is 16.8. The number of nitrogens with one attached hydrogen (secondary N) is 1. The van der Waals surface area contributed by atoms with Gasteiger partial charge in [0.25, 0.3) is 10.0 Å². The van der Waals surface area contributed by atoms with Crippen molar-refractivity contribution in [2.45, 2.75) is 17.9 Å². The minimum Gasteiger partial charge on any atom is -0.497 e. The van der Waals surface area contributed by atoms with Gasteiger partial charge < -0.3 is 19.5 Å². The number of carbonyl (C=O) groups is 1. The number of benzene rings is 3. The molecule has 0 unspecified atom stereocenters. The quantitative estimate of drug-likeness (QED) is 0.482. The lowest BCUT2D eigenvalue weighted by atomic mass is 10.1.